The fraction of sp³-hybridized carbons (Fsp3) is 0.125. The number of anilines is 2. The number of pyridine rings is 1. The molecule has 0 atom stereocenters. The average molecular weight is 312 g/mol. The van der Waals surface area contributed by atoms with Crippen molar-refractivity contribution in [1.29, 1.82) is 0 Å². The van der Waals surface area contributed by atoms with Gasteiger partial charge in [-0.15, -0.1) is 0 Å². The normalized spacial score (nSPS) is 9.78. The Bertz CT molecular complexity index is 716. The summed E-state index contributed by atoms with van der Waals surface area (Å²) >= 11 is 0. The number of aromatic nitrogens is 1. The quantitative estimate of drug-likeness (QED) is 0.741. The Hall–Kier alpha value is -3.22. The third-order valence-electron chi connectivity index (χ3n) is 2.80. The molecule has 3 N–H and O–H groups in total. The molecule has 3 amide bonds. The van der Waals surface area contributed by atoms with Crippen molar-refractivity contribution < 1.29 is 14.4 Å². The molecule has 1 aromatic heterocycles. The fourth-order valence-electron chi connectivity index (χ4n) is 1.82. The second-order valence-electron chi connectivity index (χ2n) is 4.72. The third kappa shape index (κ3) is 5.24. The molecule has 0 unspecified atom stereocenters. The van der Waals surface area contributed by atoms with E-state index in [-0.39, 0.29) is 12.5 Å². The van der Waals surface area contributed by atoms with Crippen LogP contribution in [0.1, 0.15) is 12.6 Å². The number of carbonyl (C=O) groups is 3. The number of benzene rings is 1. The monoisotopic (exact) mass is 312 g/mol. The van der Waals surface area contributed by atoms with E-state index in [0.717, 1.165) is 0 Å². The van der Waals surface area contributed by atoms with Crippen molar-refractivity contribution in [3.63, 3.8) is 0 Å². The minimum atomic E-state index is -0.791. The van der Waals surface area contributed by atoms with Crippen LogP contribution in [0.5, 0.6) is 0 Å². The molecule has 7 heteroatoms. The highest BCUT2D eigenvalue weighted by Crippen LogP contribution is 2.14. The summed E-state index contributed by atoms with van der Waals surface area (Å²) in [6.07, 6.45) is 1.61. The minimum absolute atomic E-state index is 0.166. The zero-order chi connectivity index (χ0) is 16.7. The van der Waals surface area contributed by atoms with Gasteiger partial charge >= 0.3 is 11.8 Å². The Kier molecular flexibility index (Phi) is 5.40. The molecular weight excluding hydrogens is 296 g/mol. The molecule has 23 heavy (non-hydrogen) atoms. The number of nitrogens with zero attached hydrogens (tertiary/aromatic N) is 1. The van der Waals surface area contributed by atoms with Crippen molar-refractivity contribution in [2.75, 3.05) is 10.6 Å². The number of rotatable bonds is 4. The van der Waals surface area contributed by atoms with Gasteiger partial charge in [-0.2, -0.15) is 0 Å². The lowest BCUT2D eigenvalue weighted by molar-refractivity contribution is -0.136. The molecule has 0 saturated carbocycles. The lowest BCUT2D eigenvalue weighted by Gasteiger charge is -2.08. The van der Waals surface area contributed by atoms with E-state index in [1.54, 1.807) is 48.7 Å². The van der Waals surface area contributed by atoms with Gasteiger partial charge in [0.25, 0.3) is 0 Å². The minimum Gasteiger partial charge on any atom is -0.342 e. The van der Waals surface area contributed by atoms with Gasteiger partial charge in [-0.25, -0.2) is 0 Å². The van der Waals surface area contributed by atoms with E-state index in [1.807, 2.05) is 0 Å². The van der Waals surface area contributed by atoms with Crippen molar-refractivity contribution in [3.05, 3.63) is 54.4 Å². The van der Waals surface area contributed by atoms with Crippen molar-refractivity contribution in [2.45, 2.75) is 13.5 Å². The summed E-state index contributed by atoms with van der Waals surface area (Å²) in [5.74, 6) is -1.77. The van der Waals surface area contributed by atoms with Gasteiger partial charge in [-0.3, -0.25) is 19.4 Å². The van der Waals surface area contributed by atoms with Crippen molar-refractivity contribution >= 4 is 29.1 Å². The Labute approximate surface area is 133 Å². The summed E-state index contributed by atoms with van der Waals surface area (Å²) in [6.45, 7) is 1.55. The molecule has 0 aliphatic heterocycles. The molecule has 0 aliphatic rings. The number of carbonyl (C=O) groups excluding carboxylic acids is 3. The number of hydrogen-bond acceptors (Lipinski definition) is 4. The predicted octanol–water partition coefficient (Wildman–Crippen LogP) is 1.29. The highest BCUT2D eigenvalue weighted by molar-refractivity contribution is 6.39. The van der Waals surface area contributed by atoms with Crippen molar-refractivity contribution in [3.8, 4) is 0 Å². The molecule has 1 heterocycles. The van der Waals surface area contributed by atoms with Crippen molar-refractivity contribution in [1.82, 2.24) is 10.3 Å². The molecule has 0 spiro atoms. The molecule has 2 rings (SSSR count). The topological polar surface area (TPSA) is 100 Å². The van der Waals surface area contributed by atoms with Crippen molar-refractivity contribution in [2.24, 2.45) is 0 Å². The van der Waals surface area contributed by atoms with E-state index >= 15 is 0 Å². The van der Waals surface area contributed by atoms with E-state index in [1.165, 1.54) is 6.92 Å². The van der Waals surface area contributed by atoms with Crippen LogP contribution in [-0.4, -0.2) is 22.7 Å². The van der Waals surface area contributed by atoms with Crippen LogP contribution in [0.3, 0.4) is 0 Å². The molecule has 0 fully saturated rings. The fourth-order valence-corrected chi connectivity index (χ4v) is 1.82. The van der Waals surface area contributed by atoms with Crippen LogP contribution < -0.4 is 16.0 Å². The first-order valence-corrected chi connectivity index (χ1v) is 6.91. The van der Waals surface area contributed by atoms with Gasteiger partial charge in [0, 0.05) is 24.5 Å². The lowest BCUT2D eigenvalue weighted by atomic mass is 10.2. The van der Waals surface area contributed by atoms with Gasteiger partial charge in [0.2, 0.25) is 5.91 Å². The van der Waals surface area contributed by atoms with E-state index in [9.17, 15) is 14.4 Å². The summed E-state index contributed by atoms with van der Waals surface area (Å²) in [6, 6.07) is 11.8. The van der Waals surface area contributed by atoms with E-state index in [2.05, 4.69) is 20.9 Å². The molecule has 118 valence electrons. The van der Waals surface area contributed by atoms with E-state index in [0.29, 0.717) is 17.1 Å². The van der Waals surface area contributed by atoms with E-state index in [4.69, 9.17) is 0 Å². The van der Waals surface area contributed by atoms with Gasteiger partial charge < -0.3 is 16.0 Å². The number of nitrogens with one attached hydrogen (secondary N) is 3. The van der Waals surface area contributed by atoms with Crippen LogP contribution in [0.4, 0.5) is 11.4 Å². The maximum absolute atomic E-state index is 11.8. The summed E-state index contributed by atoms with van der Waals surface area (Å²) < 4.78 is 0. The second kappa shape index (κ2) is 7.69. The Morgan fingerprint density at radius 1 is 0.957 bits per heavy atom. The first kappa shape index (κ1) is 16.2. The van der Waals surface area contributed by atoms with Gasteiger partial charge in [0.15, 0.2) is 0 Å². The maximum Gasteiger partial charge on any atom is 0.313 e. The second-order valence-corrected chi connectivity index (χ2v) is 4.72. The predicted molar refractivity (Wildman–Crippen MR) is 85.5 cm³/mol. The first-order valence-electron chi connectivity index (χ1n) is 6.91. The highest BCUT2D eigenvalue weighted by Gasteiger charge is 2.13. The molecule has 0 saturated heterocycles. The highest BCUT2D eigenvalue weighted by atomic mass is 16.2. The molecular formula is C16H16N4O3. The van der Waals surface area contributed by atoms with Crippen LogP contribution in [0.25, 0.3) is 0 Å². The van der Waals surface area contributed by atoms with Gasteiger partial charge in [0.1, 0.15) is 0 Å². The number of amides is 3. The van der Waals surface area contributed by atoms with Crippen LogP contribution in [0.15, 0.2) is 48.7 Å². The molecule has 0 radical (unpaired) electrons. The van der Waals surface area contributed by atoms with Crippen LogP contribution in [0.2, 0.25) is 0 Å². The molecule has 0 bridgehead atoms. The largest absolute Gasteiger partial charge is 0.342 e. The van der Waals surface area contributed by atoms with E-state index < -0.39 is 11.8 Å². The summed E-state index contributed by atoms with van der Waals surface area (Å²) in [5, 5.41) is 7.55. The summed E-state index contributed by atoms with van der Waals surface area (Å²) in [4.78, 5) is 38.7. The molecule has 0 aliphatic carbocycles. The zero-order valence-electron chi connectivity index (χ0n) is 12.5. The molecule has 2 aromatic rings. The van der Waals surface area contributed by atoms with Gasteiger partial charge in [0.05, 0.1) is 12.2 Å². The van der Waals surface area contributed by atoms with Crippen LogP contribution in [0, 0.1) is 0 Å². The average Bonchev–Trinajstić information content (AvgIpc) is 2.53. The zero-order valence-corrected chi connectivity index (χ0v) is 12.5. The Morgan fingerprint density at radius 3 is 2.35 bits per heavy atom. The molecule has 7 nitrogen and oxygen atoms in total. The van der Waals surface area contributed by atoms with Crippen LogP contribution >= 0.6 is 0 Å². The molecule has 1 aromatic carbocycles. The van der Waals surface area contributed by atoms with Gasteiger partial charge in [-0.1, -0.05) is 12.1 Å². The summed E-state index contributed by atoms with van der Waals surface area (Å²) in [5.41, 5.74) is 1.60. The summed E-state index contributed by atoms with van der Waals surface area (Å²) in [7, 11) is 0. The van der Waals surface area contributed by atoms with Crippen LogP contribution in [-0.2, 0) is 20.9 Å². The smallest absolute Gasteiger partial charge is 0.313 e. The third-order valence-corrected chi connectivity index (χ3v) is 2.80. The number of hydrogen-bond donors (Lipinski definition) is 3. The first-order chi connectivity index (χ1) is 11.0. The van der Waals surface area contributed by atoms with Gasteiger partial charge in [-0.05, 0) is 30.3 Å². The Balaban J connectivity index is 1.90. The standard InChI is InChI=1S/C16H16N4O3/c1-11(21)19-12-6-4-7-13(9-12)20-16(23)15(22)18-10-14-5-2-3-8-17-14/h2-9H,10H2,1H3,(H,18,22)(H,19,21)(H,20,23). The SMILES string of the molecule is CC(=O)Nc1cccc(NC(=O)C(=O)NCc2ccccn2)c1. The maximum atomic E-state index is 11.8. The lowest BCUT2D eigenvalue weighted by Crippen LogP contribution is -2.35. The Morgan fingerprint density at radius 2 is 1.70 bits per heavy atom.